The van der Waals surface area contributed by atoms with Gasteiger partial charge < -0.3 is 9.88 Å². The lowest BCUT2D eigenvalue weighted by atomic mass is 10.2. The maximum absolute atomic E-state index is 13.3. The maximum atomic E-state index is 13.3. The number of thioether (sulfide) groups is 1. The van der Waals surface area contributed by atoms with Crippen molar-refractivity contribution >= 4 is 23.5 Å². The fourth-order valence-electron chi connectivity index (χ4n) is 3.93. The number of hydrogen-bond acceptors (Lipinski definition) is 5. The van der Waals surface area contributed by atoms with Crippen LogP contribution in [0.3, 0.4) is 0 Å². The van der Waals surface area contributed by atoms with Crippen LogP contribution >= 0.6 is 11.8 Å². The highest BCUT2D eigenvalue weighted by Crippen LogP contribution is 2.28. The van der Waals surface area contributed by atoms with E-state index in [1.54, 1.807) is 12.1 Å². The molecule has 1 amide bonds. The molecule has 0 radical (unpaired) electrons. The number of carbonyl (C=O) groups excluding carboxylic acids is 1. The molecule has 35 heavy (non-hydrogen) atoms. The van der Waals surface area contributed by atoms with Crippen molar-refractivity contribution in [3.63, 3.8) is 0 Å². The number of anilines is 1. The van der Waals surface area contributed by atoms with Crippen molar-refractivity contribution in [1.82, 2.24) is 19.3 Å². The van der Waals surface area contributed by atoms with E-state index in [9.17, 15) is 14.4 Å². The Balaban J connectivity index is 1.56. The van der Waals surface area contributed by atoms with Crippen molar-refractivity contribution in [1.29, 1.82) is 5.26 Å². The second-order valence-corrected chi connectivity index (χ2v) is 9.19. The predicted octanol–water partition coefficient (Wildman–Crippen LogP) is 5.09. The van der Waals surface area contributed by atoms with Crippen molar-refractivity contribution < 1.29 is 9.18 Å². The molecule has 2 aromatic heterocycles. The number of hydrogen-bond donors (Lipinski definition) is 1. The van der Waals surface area contributed by atoms with E-state index in [0.717, 1.165) is 33.9 Å². The van der Waals surface area contributed by atoms with Gasteiger partial charge in [-0.3, -0.25) is 9.36 Å². The van der Waals surface area contributed by atoms with Crippen molar-refractivity contribution in [2.75, 3.05) is 11.1 Å². The van der Waals surface area contributed by atoms with Crippen LogP contribution < -0.4 is 5.32 Å². The average Bonchev–Trinajstić information content (AvgIpc) is 3.31. The number of carbonyl (C=O) groups is 1. The van der Waals surface area contributed by atoms with Crippen molar-refractivity contribution in [3.05, 3.63) is 88.1 Å². The van der Waals surface area contributed by atoms with Crippen molar-refractivity contribution in [2.24, 2.45) is 0 Å². The van der Waals surface area contributed by atoms with Gasteiger partial charge in [0.1, 0.15) is 23.5 Å². The number of aromatic nitrogens is 4. The van der Waals surface area contributed by atoms with Crippen LogP contribution in [0.5, 0.6) is 0 Å². The number of halogens is 1. The average molecular weight is 489 g/mol. The van der Waals surface area contributed by atoms with E-state index in [1.165, 1.54) is 23.9 Å². The Morgan fingerprint density at radius 1 is 1.09 bits per heavy atom. The molecule has 0 saturated heterocycles. The van der Waals surface area contributed by atoms with Crippen LogP contribution in [-0.4, -0.2) is 31.0 Å². The van der Waals surface area contributed by atoms with Gasteiger partial charge in [-0.05, 0) is 62.6 Å². The summed E-state index contributed by atoms with van der Waals surface area (Å²) in [5.74, 6) is 0.684. The third-order valence-electron chi connectivity index (χ3n) is 5.94. The molecule has 7 nitrogen and oxygen atoms in total. The van der Waals surface area contributed by atoms with Gasteiger partial charge in [0.25, 0.3) is 0 Å². The molecule has 0 fully saturated rings. The molecular formula is C26H25FN6OS. The summed E-state index contributed by atoms with van der Waals surface area (Å²) < 4.78 is 17.2. The molecule has 0 atom stereocenters. The Morgan fingerprint density at radius 2 is 1.80 bits per heavy atom. The van der Waals surface area contributed by atoms with Gasteiger partial charge in [-0.15, -0.1) is 10.2 Å². The second kappa shape index (κ2) is 10.2. The van der Waals surface area contributed by atoms with Crippen LogP contribution in [0.15, 0.2) is 53.7 Å². The van der Waals surface area contributed by atoms with Gasteiger partial charge in [-0.25, -0.2) is 4.39 Å². The zero-order valence-corrected chi connectivity index (χ0v) is 20.8. The fourth-order valence-corrected chi connectivity index (χ4v) is 4.72. The highest BCUT2D eigenvalue weighted by molar-refractivity contribution is 7.99. The number of nitriles is 1. The molecule has 0 spiro atoms. The molecule has 4 rings (SSSR count). The maximum Gasteiger partial charge on any atom is 0.235 e. The topological polar surface area (TPSA) is 88.5 Å². The lowest BCUT2D eigenvalue weighted by Gasteiger charge is -2.14. The summed E-state index contributed by atoms with van der Waals surface area (Å²) in [5.41, 5.74) is 4.98. The largest absolute Gasteiger partial charge is 0.326 e. The first-order valence-corrected chi connectivity index (χ1v) is 12.0. The molecule has 0 aliphatic rings. The Hall–Kier alpha value is -3.90. The molecule has 9 heteroatoms. The standard InChI is InChI=1S/C26H25FN6OS/c1-16-7-5-6-8-23(16)33-19(4)30-31-26(33)35-15-24(34)29-25-22(13-28)17(2)18(3)32(25)14-20-9-11-21(27)12-10-20/h5-12H,14-15H2,1-4H3,(H,29,34). The molecule has 0 saturated carbocycles. The minimum atomic E-state index is -0.314. The van der Waals surface area contributed by atoms with Crippen molar-refractivity contribution in [3.8, 4) is 11.8 Å². The van der Waals surface area contributed by atoms with Crippen LogP contribution in [0.25, 0.3) is 5.69 Å². The van der Waals surface area contributed by atoms with E-state index < -0.39 is 0 Å². The summed E-state index contributed by atoms with van der Waals surface area (Å²) in [6.07, 6.45) is 0. The first kappa shape index (κ1) is 24.2. The van der Waals surface area contributed by atoms with E-state index in [1.807, 2.05) is 61.1 Å². The number of aryl methyl sites for hydroxylation is 2. The SMILES string of the molecule is Cc1ccccc1-n1c(C)nnc1SCC(=O)Nc1c(C#N)c(C)c(C)n1Cc1ccc(F)cc1. The van der Waals surface area contributed by atoms with Gasteiger partial charge in [0, 0.05) is 12.2 Å². The zero-order chi connectivity index (χ0) is 25.1. The number of nitrogens with one attached hydrogen (secondary N) is 1. The van der Waals surface area contributed by atoms with Crippen LogP contribution in [-0.2, 0) is 11.3 Å². The van der Waals surface area contributed by atoms with Gasteiger partial charge >= 0.3 is 0 Å². The van der Waals surface area contributed by atoms with Crippen LogP contribution in [0.1, 0.15) is 33.8 Å². The lowest BCUT2D eigenvalue weighted by Crippen LogP contribution is -2.19. The van der Waals surface area contributed by atoms with Crippen LogP contribution in [0, 0.1) is 44.8 Å². The van der Waals surface area contributed by atoms with Gasteiger partial charge in [0.05, 0.1) is 17.0 Å². The quantitative estimate of drug-likeness (QED) is 0.366. The third kappa shape index (κ3) is 4.98. The monoisotopic (exact) mass is 488 g/mol. The smallest absolute Gasteiger partial charge is 0.235 e. The minimum absolute atomic E-state index is 0.0920. The molecule has 178 valence electrons. The third-order valence-corrected chi connectivity index (χ3v) is 6.87. The van der Waals surface area contributed by atoms with Gasteiger partial charge in [0.15, 0.2) is 5.16 Å². The summed E-state index contributed by atoms with van der Waals surface area (Å²) in [6, 6.07) is 16.3. The minimum Gasteiger partial charge on any atom is -0.326 e. The summed E-state index contributed by atoms with van der Waals surface area (Å²) >= 11 is 1.28. The molecule has 0 aliphatic heterocycles. The fraction of sp³-hybridized carbons (Fsp3) is 0.231. The van der Waals surface area contributed by atoms with E-state index in [2.05, 4.69) is 21.6 Å². The predicted molar refractivity (Wildman–Crippen MR) is 134 cm³/mol. The Labute approximate surface area is 207 Å². The first-order valence-electron chi connectivity index (χ1n) is 11.0. The van der Waals surface area contributed by atoms with Gasteiger partial charge in [-0.2, -0.15) is 5.26 Å². The van der Waals surface area contributed by atoms with E-state index >= 15 is 0 Å². The molecular weight excluding hydrogens is 463 g/mol. The van der Waals surface area contributed by atoms with Gasteiger partial charge in [-0.1, -0.05) is 42.1 Å². The highest BCUT2D eigenvalue weighted by Gasteiger charge is 2.21. The van der Waals surface area contributed by atoms with E-state index in [4.69, 9.17) is 0 Å². The summed E-state index contributed by atoms with van der Waals surface area (Å²) in [6.45, 7) is 8.04. The molecule has 2 heterocycles. The Bertz CT molecular complexity index is 1430. The van der Waals surface area contributed by atoms with Crippen molar-refractivity contribution in [2.45, 2.75) is 39.4 Å². The summed E-state index contributed by atoms with van der Waals surface area (Å²) in [4.78, 5) is 13.0. The normalized spacial score (nSPS) is 10.9. The lowest BCUT2D eigenvalue weighted by molar-refractivity contribution is -0.113. The Kier molecular flexibility index (Phi) is 7.03. The summed E-state index contributed by atoms with van der Waals surface area (Å²) in [7, 11) is 0. The molecule has 4 aromatic rings. The number of para-hydroxylation sites is 1. The number of rotatable bonds is 7. The number of nitrogens with zero attached hydrogens (tertiary/aromatic N) is 5. The molecule has 0 unspecified atom stereocenters. The molecule has 2 aromatic carbocycles. The number of amides is 1. The first-order chi connectivity index (χ1) is 16.8. The highest BCUT2D eigenvalue weighted by atomic mass is 32.2. The van der Waals surface area contributed by atoms with Crippen LogP contribution in [0.2, 0.25) is 0 Å². The van der Waals surface area contributed by atoms with Crippen LogP contribution in [0.4, 0.5) is 10.2 Å². The molecule has 0 bridgehead atoms. The Morgan fingerprint density at radius 3 is 2.49 bits per heavy atom. The number of benzene rings is 2. The second-order valence-electron chi connectivity index (χ2n) is 8.25. The zero-order valence-electron chi connectivity index (χ0n) is 20.0. The molecule has 1 N–H and O–H groups in total. The van der Waals surface area contributed by atoms with E-state index in [0.29, 0.717) is 23.1 Å². The summed E-state index contributed by atoms with van der Waals surface area (Å²) in [5, 5.41) is 21.7. The van der Waals surface area contributed by atoms with Gasteiger partial charge in [0.2, 0.25) is 5.91 Å². The van der Waals surface area contributed by atoms with E-state index in [-0.39, 0.29) is 17.5 Å². The molecule has 0 aliphatic carbocycles.